The molecule has 0 saturated carbocycles. The van der Waals surface area contributed by atoms with Gasteiger partial charge in [0.2, 0.25) is 11.9 Å². The number of methoxy groups -OCH3 is 1. The minimum absolute atomic E-state index is 0.0931. The van der Waals surface area contributed by atoms with Crippen LogP contribution in [-0.2, 0) is 6.18 Å². The second kappa shape index (κ2) is 5.19. The Morgan fingerprint density at radius 1 is 1.15 bits per heavy atom. The lowest BCUT2D eigenvalue weighted by Gasteiger charge is -2.13. The van der Waals surface area contributed by atoms with Gasteiger partial charge in [0.15, 0.2) is 0 Å². The number of benzene rings is 1. The molecule has 1 aromatic heterocycles. The number of alkyl halides is 3. The fourth-order valence-electron chi connectivity index (χ4n) is 1.48. The Kier molecular flexibility index (Phi) is 3.59. The summed E-state index contributed by atoms with van der Waals surface area (Å²) >= 11 is 0. The highest BCUT2D eigenvalue weighted by Gasteiger charge is 2.33. The van der Waals surface area contributed by atoms with Crippen molar-refractivity contribution < 1.29 is 17.9 Å². The summed E-state index contributed by atoms with van der Waals surface area (Å²) in [5.41, 5.74) is 4.39. The zero-order chi connectivity index (χ0) is 14.8. The minimum atomic E-state index is -4.49. The first-order chi connectivity index (χ1) is 9.40. The SMILES string of the molecule is COc1nc(N)nc(Nc2ccccc2C(F)(F)F)n1. The van der Waals surface area contributed by atoms with Crippen molar-refractivity contribution in [2.75, 3.05) is 18.2 Å². The molecule has 0 atom stereocenters. The fourth-order valence-corrected chi connectivity index (χ4v) is 1.48. The lowest BCUT2D eigenvalue weighted by Crippen LogP contribution is -2.10. The maximum atomic E-state index is 12.8. The number of para-hydroxylation sites is 1. The molecule has 0 bridgehead atoms. The molecule has 0 spiro atoms. The minimum Gasteiger partial charge on any atom is -0.467 e. The first kappa shape index (κ1) is 13.8. The van der Waals surface area contributed by atoms with Gasteiger partial charge < -0.3 is 15.8 Å². The van der Waals surface area contributed by atoms with Crippen LogP contribution in [0.4, 0.5) is 30.8 Å². The van der Waals surface area contributed by atoms with E-state index in [0.717, 1.165) is 6.07 Å². The molecule has 20 heavy (non-hydrogen) atoms. The van der Waals surface area contributed by atoms with Crippen LogP contribution >= 0.6 is 0 Å². The van der Waals surface area contributed by atoms with E-state index < -0.39 is 11.7 Å². The smallest absolute Gasteiger partial charge is 0.418 e. The van der Waals surface area contributed by atoms with Crippen LogP contribution in [0.25, 0.3) is 0 Å². The van der Waals surface area contributed by atoms with Gasteiger partial charge in [-0.3, -0.25) is 0 Å². The molecule has 0 aliphatic carbocycles. The molecular weight excluding hydrogens is 275 g/mol. The Morgan fingerprint density at radius 2 is 1.85 bits per heavy atom. The van der Waals surface area contributed by atoms with Crippen molar-refractivity contribution in [1.29, 1.82) is 0 Å². The summed E-state index contributed by atoms with van der Waals surface area (Å²) < 4.78 is 43.3. The summed E-state index contributed by atoms with van der Waals surface area (Å²) in [6, 6.07) is 4.86. The number of ether oxygens (including phenoxy) is 1. The van der Waals surface area contributed by atoms with Crippen LogP contribution in [-0.4, -0.2) is 22.1 Å². The number of anilines is 3. The van der Waals surface area contributed by atoms with Gasteiger partial charge in [0.1, 0.15) is 0 Å². The third-order valence-corrected chi connectivity index (χ3v) is 2.29. The van der Waals surface area contributed by atoms with Gasteiger partial charge in [-0.15, -0.1) is 0 Å². The molecule has 0 aliphatic heterocycles. The van der Waals surface area contributed by atoms with Crippen LogP contribution in [0.15, 0.2) is 24.3 Å². The molecule has 0 aliphatic rings. The Bertz CT molecular complexity index is 617. The molecule has 2 rings (SSSR count). The third kappa shape index (κ3) is 3.05. The maximum Gasteiger partial charge on any atom is 0.418 e. The molecule has 3 N–H and O–H groups in total. The number of nitrogens with one attached hydrogen (secondary N) is 1. The van der Waals surface area contributed by atoms with E-state index in [1.165, 1.54) is 25.3 Å². The first-order valence-electron chi connectivity index (χ1n) is 5.39. The number of hydrogen-bond acceptors (Lipinski definition) is 6. The van der Waals surface area contributed by atoms with Crippen LogP contribution < -0.4 is 15.8 Å². The second-order valence-electron chi connectivity index (χ2n) is 3.67. The number of rotatable bonds is 3. The van der Waals surface area contributed by atoms with Gasteiger partial charge in [0.25, 0.3) is 0 Å². The molecule has 0 saturated heterocycles. The van der Waals surface area contributed by atoms with Gasteiger partial charge in [-0.05, 0) is 12.1 Å². The predicted octanol–water partition coefficient (Wildman–Crippen LogP) is 2.22. The first-order valence-corrected chi connectivity index (χ1v) is 5.39. The molecule has 106 valence electrons. The Balaban J connectivity index is 2.38. The van der Waals surface area contributed by atoms with Gasteiger partial charge in [0.05, 0.1) is 18.4 Å². The van der Waals surface area contributed by atoms with Crippen LogP contribution in [0.1, 0.15) is 5.56 Å². The van der Waals surface area contributed by atoms with Crippen molar-refractivity contribution in [1.82, 2.24) is 15.0 Å². The normalized spacial score (nSPS) is 11.2. The zero-order valence-electron chi connectivity index (χ0n) is 10.3. The van der Waals surface area contributed by atoms with E-state index >= 15 is 0 Å². The van der Waals surface area contributed by atoms with Crippen LogP contribution in [0.3, 0.4) is 0 Å². The second-order valence-corrected chi connectivity index (χ2v) is 3.67. The van der Waals surface area contributed by atoms with Gasteiger partial charge >= 0.3 is 12.2 Å². The number of hydrogen-bond donors (Lipinski definition) is 2. The van der Waals surface area contributed by atoms with Gasteiger partial charge in [-0.25, -0.2) is 0 Å². The number of aromatic nitrogens is 3. The molecule has 1 heterocycles. The van der Waals surface area contributed by atoms with Gasteiger partial charge in [-0.1, -0.05) is 12.1 Å². The lowest BCUT2D eigenvalue weighted by atomic mass is 10.1. The van der Waals surface area contributed by atoms with Crippen molar-refractivity contribution in [3.05, 3.63) is 29.8 Å². The monoisotopic (exact) mass is 285 g/mol. The average Bonchev–Trinajstić information content (AvgIpc) is 2.37. The quantitative estimate of drug-likeness (QED) is 0.899. The van der Waals surface area contributed by atoms with Crippen molar-refractivity contribution in [3.63, 3.8) is 0 Å². The van der Waals surface area contributed by atoms with Crippen molar-refractivity contribution in [2.24, 2.45) is 0 Å². The van der Waals surface area contributed by atoms with Crippen LogP contribution in [0.5, 0.6) is 6.01 Å². The molecule has 0 amide bonds. The summed E-state index contributed by atoms with van der Waals surface area (Å²) in [5.74, 6) is -0.296. The standard InChI is InChI=1S/C11H10F3N5O/c1-20-10-18-8(15)17-9(19-10)16-7-5-3-2-4-6(7)11(12,13)14/h2-5H,1H3,(H3,15,16,17,18,19). The molecule has 6 nitrogen and oxygen atoms in total. The molecule has 0 fully saturated rings. The number of nitrogens with two attached hydrogens (primary N) is 1. The van der Waals surface area contributed by atoms with Crippen molar-refractivity contribution in [3.8, 4) is 6.01 Å². The summed E-state index contributed by atoms with van der Waals surface area (Å²) in [6.07, 6.45) is -4.49. The van der Waals surface area contributed by atoms with E-state index in [4.69, 9.17) is 10.5 Å². The molecule has 2 aromatic rings. The summed E-state index contributed by atoms with van der Waals surface area (Å²) in [7, 11) is 1.31. The summed E-state index contributed by atoms with van der Waals surface area (Å²) in [4.78, 5) is 11.1. The maximum absolute atomic E-state index is 12.8. The summed E-state index contributed by atoms with van der Waals surface area (Å²) in [5, 5.41) is 2.45. The van der Waals surface area contributed by atoms with Gasteiger partial charge in [0, 0.05) is 0 Å². The van der Waals surface area contributed by atoms with E-state index in [9.17, 15) is 13.2 Å². The van der Waals surface area contributed by atoms with E-state index in [-0.39, 0.29) is 23.6 Å². The third-order valence-electron chi connectivity index (χ3n) is 2.29. The summed E-state index contributed by atoms with van der Waals surface area (Å²) in [6.45, 7) is 0. The predicted molar refractivity (Wildman–Crippen MR) is 65.5 cm³/mol. The van der Waals surface area contributed by atoms with Crippen LogP contribution in [0, 0.1) is 0 Å². The highest BCUT2D eigenvalue weighted by Crippen LogP contribution is 2.35. The Hall–Kier alpha value is -2.58. The van der Waals surface area contributed by atoms with E-state index in [2.05, 4.69) is 20.3 Å². The highest BCUT2D eigenvalue weighted by molar-refractivity contribution is 5.59. The molecular formula is C11H10F3N5O. The molecule has 1 aromatic carbocycles. The van der Waals surface area contributed by atoms with Gasteiger partial charge in [-0.2, -0.15) is 28.1 Å². The fraction of sp³-hybridized carbons (Fsp3) is 0.182. The number of nitrogens with zero attached hydrogens (tertiary/aromatic N) is 3. The Morgan fingerprint density at radius 3 is 2.50 bits per heavy atom. The molecule has 0 radical (unpaired) electrons. The zero-order valence-corrected chi connectivity index (χ0v) is 10.3. The Labute approximate surface area is 111 Å². The van der Waals surface area contributed by atoms with E-state index in [1.807, 2.05) is 0 Å². The number of nitrogen functional groups attached to an aromatic ring is 1. The molecule has 0 unspecified atom stereocenters. The van der Waals surface area contributed by atoms with E-state index in [1.54, 1.807) is 0 Å². The molecule has 9 heteroatoms. The van der Waals surface area contributed by atoms with Crippen LogP contribution in [0.2, 0.25) is 0 Å². The lowest BCUT2D eigenvalue weighted by molar-refractivity contribution is -0.136. The highest BCUT2D eigenvalue weighted by atomic mass is 19.4. The average molecular weight is 285 g/mol. The topological polar surface area (TPSA) is 86.0 Å². The van der Waals surface area contributed by atoms with Crippen molar-refractivity contribution >= 4 is 17.6 Å². The number of halogens is 3. The largest absolute Gasteiger partial charge is 0.467 e. The van der Waals surface area contributed by atoms with Crippen molar-refractivity contribution in [2.45, 2.75) is 6.18 Å². The van der Waals surface area contributed by atoms with E-state index in [0.29, 0.717) is 0 Å².